The van der Waals surface area contributed by atoms with Crippen LogP contribution in [0.25, 0.3) is 0 Å². The highest BCUT2D eigenvalue weighted by molar-refractivity contribution is 7.89. The van der Waals surface area contributed by atoms with E-state index in [-0.39, 0.29) is 11.4 Å². The van der Waals surface area contributed by atoms with E-state index in [2.05, 4.69) is 0 Å². The number of ether oxygens (including phenoxy) is 2. The lowest BCUT2D eigenvalue weighted by Crippen LogP contribution is -2.41. The van der Waals surface area contributed by atoms with Crippen LogP contribution in [0, 0.1) is 0 Å². The molecule has 0 bridgehead atoms. The van der Waals surface area contributed by atoms with E-state index in [1.165, 1.54) is 18.2 Å². The Balaban J connectivity index is 1.94. The number of hydrogen-bond donors (Lipinski definition) is 0. The first-order valence-electron chi connectivity index (χ1n) is 7.60. The fourth-order valence-corrected chi connectivity index (χ4v) is 3.88. The molecule has 0 aromatic heterocycles. The number of hydrogen-bond acceptors (Lipinski definition) is 6. The fourth-order valence-electron chi connectivity index (χ4n) is 2.49. The fraction of sp³-hybridized carbons (Fsp3) is 0.235. The molecule has 0 radical (unpaired) electrons. The Hall–Kier alpha value is -2.58. The van der Waals surface area contributed by atoms with Crippen LogP contribution in [-0.2, 0) is 21.4 Å². The van der Waals surface area contributed by atoms with Crippen molar-refractivity contribution in [3.63, 3.8) is 0 Å². The van der Waals surface area contributed by atoms with E-state index in [0.29, 0.717) is 30.3 Å². The highest BCUT2D eigenvalue weighted by Gasteiger charge is 2.27. The lowest BCUT2D eigenvalue weighted by molar-refractivity contribution is -0.305. The number of nitrogens with zero attached hydrogens (tertiary/aromatic N) is 1. The molecular formula is C17H16NO6S-. The summed E-state index contributed by atoms with van der Waals surface area (Å²) in [6.45, 7) is -0.107. The standard InChI is InChI=1S/C17H17NO6S/c19-17(20)12-18(11-13-4-2-1-3-5-13)25(21,22)14-6-7-15-16(10-14)24-9-8-23-15/h1-7,10H,8-9,11-12H2,(H,19,20)/p-1. The summed E-state index contributed by atoms with van der Waals surface area (Å²) in [5, 5.41) is 11.0. The molecule has 0 aliphatic carbocycles. The summed E-state index contributed by atoms with van der Waals surface area (Å²) in [4.78, 5) is 11.0. The first-order valence-corrected chi connectivity index (χ1v) is 9.04. The molecule has 132 valence electrons. The summed E-state index contributed by atoms with van der Waals surface area (Å²) >= 11 is 0. The average molecular weight is 362 g/mol. The second-order valence-corrected chi connectivity index (χ2v) is 7.37. The minimum Gasteiger partial charge on any atom is -0.549 e. The summed E-state index contributed by atoms with van der Waals surface area (Å²) in [6.07, 6.45) is 0. The van der Waals surface area contributed by atoms with Gasteiger partial charge in [-0.3, -0.25) is 0 Å². The van der Waals surface area contributed by atoms with Crippen LogP contribution in [0.5, 0.6) is 11.5 Å². The highest BCUT2D eigenvalue weighted by Crippen LogP contribution is 2.33. The Labute approximate surface area is 145 Å². The van der Waals surface area contributed by atoms with Gasteiger partial charge in [-0.2, -0.15) is 4.31 Å². The van der Waals surface area contributed by atoms with Gasteiger partial charge in [-0.1, -0.05) is 30.3 Å². The lowest BCUT2D eigenvalue weighted by Gasteiger charge is -2.24. The van der Waals surface area contributed by atoms with Gasteiger partial charge >= 0.3 is 0 Å². The van der Waals surface area contributed by atoms with Crippen LogP contribution in [-0.4, -0.2) is 38.5 Å². The summed E-state index contributed by atoms with van der Waals surface area (Å²) in [5.41, 5.74) is 0.671. The van der Waals surface area contributed by atoms with Gasteiger partial charge in [-0.05, 0) is 17.7 Å². The molecule has 0 spiro atoms. The number of carboxylic acids is 1. The SMILES string of the molecule is O=C([O-])CN(Cc1ccccc1)S(=O)(=O)c1ccc2c(c1)OCCO2. The van der Waals surface area contributed by atoms with Gasteiger partial charge < -0.3 is 19.4 Å². The molecule has 3 rings (SSSR count). The Morgan fingerprint density at radius 3 is 2.40 bits per heavy atom. The van der Waals surface area contributed by atoms with Crippen molar-refractivity contribution in [2.75, 3.05) is 19.8 Å². The number of fused-ring (bicyclic) bond motifs is 1. The van der Waals surface area contributed by atoms with Crippen LogP contribution >= 0.6 is 0 Å². The van der Waals surface area contributed by atoms with Gasteiger partial charge in [0.2, 0.25) is 10.0 Å². The maximum atomic E-state index is 12.9. The first-order chi connectivity index (χ1) is 12.0. The second kappa shape index (κ2) is 7.12. The maximum absolute atomic E-state index is 12.9. The largest absolute Gasteiger partial charge is 0.549 e. The van der Waals surface area contributed by atoms with E-state index in [0.717, 1.165) is 4.31 Å². The third-order valence-electron chi connectivity index (χ3n) is 3.66. The van der Waals surface area contributed by atoms with E-state index >= 15 is 0 Å². The van der Waals surface area contributed by atoms with E-state index in [4.69, 9.17) is 9.47 Å². The highest BCUT2D eigenvalue weighted by atomic mass is 32.2. The van der Waals surface area contributed by atoms with Gasteiger partial charge in [0.1, 0.15) is 13.2 Å². The smallest absolute Gasteiger partial charge is 0.243 e. The molecule has 1 aliphatic heterocycles. The molecule has 1 heterocycles. The summed E-state index contributed by atoms with van der Waals surface area (Å²) in [7, 11) is -4.05. The van der Waals surface area contributed by atoms with Gasteiger partial charge in [0.05, 0.1) is 17.4 Å². The molecule has 0 saturated heterocycles. The minimum absolute atomic E-state index is 0.0612. The molecule has 2 aromatic rings. The van der Waals surface area contributed by atoms with Crippen LogP contribution < -0.4 is 14.6 Å². The first kappa shape index (κ1) is 17.2. The van der Waals surface area contributed by atoms with Crippen molar-refractivity contribution in [2.24, 2.45) is 0 Å². The molecule has 0 fully saturated rings. The number of benzene rings is 2. The van der Waals surface area contributed by atoms with E-state index < -0.39 is 22.5 Å². The molecule has 1 aliphatic rings. The topological polar surface area (TPSA) is 96.0 Å². The predicted molar refractivity (Wildman–Crippen MR) is 86.5 cm³/mol. The quantitative estimate of drug-likeness (QED) is 0.738. The van der Waals surface area contributed by atoms with E-state index in [9.17, 15) is 18.3 Å². The monoisotopic (exact) mass is 362 g/mol. The van der Waals surface area contributed by atoms with Crippen molar-refractivity contribution in [3.8, 4) is 11.5 Å². The Morgan fingerprint density at radius 1 is 1.04 bits per heavy atom. The van der Waals surface area contributed by atoms with Crippen LogP contribution in [0.3, 0.4) is 0 Å². The maximum Gasteiger partial charge on any atom is 0.243 e. The van der Waals surface area contributed by atoms with Gasteiger partial charge in [-0.25, -0.2) is 8.42 Å². The summed E-state index contributed by atoms with van der Waals surface area (Å²) < 4.78 is 37.4. The number of sulfonamides is 1. The van der Waals surface area contributed by atoms with Gasteiger partial charge in [-0.15, -0.1) is 0 Å². The van der Waals surface area contributed by atoms with Crippen molar-refractivity contribution in [3.05, 3.63) is 54.1 Å². The number of aliphatic carboxylic acids is 1. The van der Waals surface area contributed by atoms with Crippen LogP contribution in [0.1, 0.15) is 5.56 Å². The molecule has 0 unspecified atom stereocenters. The van der Waals surface area contributed by atoms with Crippen molar-refractivity contribution < 1.29 is 27.8 Å². The Kier molecular flexibility index (Phi) is 4.91. The minimum atomic E-state index is -4.05. The number of carbonyl (C=O) groups excluding carboxylic acids is 1. The van der Waals surface area contributed by atoms with Gasteiger partial charge in [0, 0.05) is 12.6 Å². The third kappa shape index (κ3) is 3.92. The summed E-state index contributed by atoms with van der Waals surface area (Å²) in [6, 6.07) is 13.0. The zero-order valence-electron chi connectivity index (χ0n) is 13.3. The molecule has 0 atom stereocenters. The van der Waals surface area contributed by atoms with Crippen LogP contribution in [0.4, 0.5) is 0 Å². The molecule has 2 aromatic carbocycles. The molecule has 0 amide bonds. The third-order valence-corrected chi connectivity index (χ3v) is 5.45. The van der Waals surface area contributed by atoms with Crippen molar-refractivity contribution >= 4 is 16.0 Å². The molecule has 7 nitrogen and oxygen atoms in total. The van der Waals surface area contributed by atoms with E-state index in [1.807, 2.05) is 0 Å². The van der Waals surface area contributed by atoms with Crippen molar-refractivity contribution in [1.29, 1.82) is 0 Å². The number of carbonyl (C=O) groups is 1. The second-order valence-electron chi connectivity index (χ2n) is 5.44. The average Bonchev–Trinajstić information content (AvgIpc) is 2.61. The van der Waals surface area contributed by atoms with E-state index in [1.54, 1.807) is 30.3 Å². The zero-order chi connectivity index (χ0) is 17.9. The van der Waals surface area contributed by atoms with Gasteiger partial charge in [0.15, 0.2) is 11.5 Å². The Bertz CT molecular complexity index is 866. The van der Waals surface area contributed by atoms with Crippen molar-refractivity contribution in [2.45, 2.75) is 11.4 Å². The Morgan fingerprint density at radius 2 is 1.72 bits per heavy atom. The molecule has 25 heavy (non-hydrogen) atoms. The van der Waals surface area contributed by atoms with Gasteiger partial charge in [0.25, 0.3) is 0 Å². The molecule has 8 heteroatoms. The molecule has 0 N–H and O–H groups in total. The predicted octanol–water partition coefficient (Wildman–Crippen LogP) is 0.399. The molecule has 0 saturated carbocycles. The summed E-state index contributed by atoms with van der Waals surface area (Å²) in [5.74, 6) is -0.697. The van der Waals surface area contributed by atoms with Crippen LogP contribution in [0.15, 0.2) is 53.4 Å². The normalized spacial score (nSPS) is 13.6. The molecular weight excluding hydrogens is 346 g/mol. The lowest BCUT2D eigenvalue weighted by atomic mass is 10.2. The zero-order valence-corrected chi connectivity index (χ0v) is 14.1. The number of carboxylic acid groups (broad SMARTS) is 1. The van der Waals surface area contributed by atoms with Crippen LogP contribution in [0.2, 0.25) is 0 Å². The number of rotatable bonds is 6. The van der Waals surface area contributed by atoms with Crippen molar-refractivity contribution in [1.82, 2.24) is 4.31 Å².